The van der Waals surface area contributed by atoms with Crippen LogP contribution in [0.3, 0.4) is 0 Å². The van der Waals surface area contributed by atoms with Crippen molar-refractivity contribution in [3.8, 4) is 0 Å². The SMILES string of the molecule is CN1CCn2nc(C(=O)NC3CCCCNC3=O)cc2C1=O. The number of likely N-dealkylation sites (N-methyl/N-ethyl adjacent to an activating group) is 1. The molecule has 0 saturated carbocycles. The number of amides is 3. The number of rotatable bonds is 2. The summed E-state index contributed by atoms with van der Waals surface area (Å²) in [5, 5.41) is 9.66. The van der Waals surface area contributed by atoms with Crippen LogP contribution in [0.1, 0.15) is 40.2 Å². The predicted molar refractivity (Wildman–Crippen MR) is 77.3 cm³/mol. The van der Waals surface area contributed by atoms with E-state index in [-0.39, 0.29) is 17.5 Å². The average molecular weight is 305 g/mol. The number of hydrogen-bond acceptors (Lipinski definition) is 4. The molecule has 2 N–H and O–H groups in total. The fourth-order valence-electron chi connectivity index (χ4n) is 2.72. The Morgan fingerprint density at radius 3 is 3.00 bits per heavy atom. The molecule has 2 aliphatic rings. The van der Waals surface area contributed by atoms with Gasteiger partial charge >= 0.3 is 0 Å². The first-order valence-corrected chi connectivity index (χ1v) is 7.48. The second-order valence-corrected chi connectivity index (χ2v) is 5.68. The van der Waals surface area contributed by atoms with Gasteiger partial charge in [-0.3, -0.25) is 19.1 Å². The third kappa shape index (κ3) is 2.68. The Labute approximate surface area is 127 Å². The van der Waals surface area contributed by atoms with Gasteiger partial charge in [0.2, 0.25) is 5.91 Å². The molecule has 3 heterocycles. The number of carbonyl (C=O) groups excluding carboxylic acids is 3. The van der Waals surface area contributed by atoms with Crippen LogP contribution in [0, 0.1) is 0 Å². The van der Waals surface area contributed by atoms with E-state index >= 15 is 0 Å². The zero-order valence-electron chi connectivity index (χ0n) is 12.5. The lowest BCUT2D eigenvalue weighted by Crippen LogP contribution is -2.45. The van der Waals surface area contributed by atoms with Crippen molar-refractivity contribution in [1.82, 2.24) is 25.3 Å². The van der Waals surface area contributed by atoms with Gasteiger partial charge in [-0.1, -0.05) is 0 Å². The minimum Gasteiger partial charge on any atom is -0.354 e. The van der Waals surface area contributed by atoms with Gasteiger partial charge in [0.25, 0.3) is 11.8 Å². The molecule has 1 atom stereocenters. The third-order valence-corrected chi connectivity index (χ3v) is 4.07. The van der Waals surface area contributed by atoms with Gasteiger partial charge in [0.1, 0.15) is 11.7 Å². The van der Waals surface area contributed by atoms with E-state index in [1.54, 1.807) is 16.6 Å². The molecule has 0 spiro atoms. The summed E-state index contributed by atoms with van der Waals surface area (Å²) in [4.78, 5) is 37.7. The summed E-state index contributed by atoms with van der Waals surface area (Å²) in [5.41, 5.74) is 0.583. The summed E-state index contributed by atoms with van der Waals surface area (Å²) < 4.78 is 1.55. The van der Waals surface area contributed by atoms with Crippen LogP contribution in [0.25, 0.3) is 0 Å². The molecule has 0 aromatic carbocycles. The molecule has 1 aromatic heterocycles. The first-order chi connectivity index (χ1) is 10.6. The number of aromatic nitrogens is 2. The third-order valence-electron chi connectivity index (χ3n) is 4.07. The Hall–Kier alpha value is -2.38. The summed E-state index contributed by atoms with van der Waals surface area (Å²) in [5.74, 6) is -0.727. The molecule has 0 aliphatic carbocycles. The van der Waals surface area contributed by atoms with Gasteiger partial charge in [-0.05, 0) is 19.3 Å². The summed E-state index contributed by atoms with van der Waals surface area (Å²) in [6.07, 6.45) is 2.41. The highest BCUT2D eigenvalue weighted by Gasteiger charge is 2.28. The van der Waals surface area contributed by atoms with Gasteiger partial charge in [-0.25, -0.2) is 0 Å². The lowest BCUT2D eigenvalue weighted by atomic mass is 10.1. The van der Waals surface area contributed by atoms with Crippen LogP contribution >= 0.6 is 0 Å². The van der Waals surface area contributed by atoms with Crippen molar-refractivity contribution in [2.45, 2.75) is 31.8 Å². The van der Waals surface area contributed by atoms with Crippen molar-refractivity contribution in [2.24, 2.45) is 0 Å². The van der Waals surface area contributed by atoms with Crippen LogP contribution in [0.4, 0.5) is 0 Å². The molecule has 8 nitrogen and oxygen atoms in total. The minimum atomic E-state index is -0.535. The Bertz CT molecular complexity index is 624. The first-order valence-electron chi connectivity index (χ1n) is 7.48. The summed E-state index contributed by atoms with van der Waals surface area (Å²) >= 11 is 0. The van der Waals surface area contributed by atoms with Crippen molar-refractivity contribution < 1.29 is 14.4 Å². The Morgan fingerprint density at radius 1 is 1.36 bits per heavy atom. The van der Waals surface area contributed by atoms with Gasteiger partial charge in [-0.15, -0.1) is 0 Å². The molecular formula is C14H19N5O3. The summed E-state index contributed by atoms with van der Waals surface area (Å²) in [6, 6.07) is 0.953. The number of fused-ring (bicyclic) bond motifs is 1. The molecule has 1 fully saturated rings. The maximum Gasteiger partial charge on any atom is 0.272 e. The summed E-state index contributed by atoms with van der Waals surface area (Å²) in [7, 11) is 1.72. The van der Waals surface area contributed by atoms with E-state index in [4.69, 9.17) is 0 Å². The Balaban J connectivity index is 1.74. The van der Waals surface area contributed by atoms with E-state index in [9.17, 15) is 14.4 Å². The standard InChI is InChI=1S/C14H19N5O3/c1-18-6-7-19-11(14(18)22)8-10(17-19)13(21)16-9-4-2-3-5-15-12(9)20/h8-9H,2-7H2,1H3,(H,15,20)(H,16,21). The van der Waals surface area contributed by atoms with Gasteiger partial charge in [0.05, 0.1) is 6.54 Å². The molecule has 2 aliphatic heterocycles. The zero-order chi connectivity index (χ0) is 15.7. The normalized spacial score (nSPS) is 21.9. The Morgan fingerprint density at radius 2 is 2.18 bits per heavy atom. The van der Waals surface area contributed by atoms with E-state index in [2.05, 4.69) is 15.7 Å². The largest absolute Gasteiger partial charge is 0.354 e. The zero-order valence-corrected chi connectivity index (χ0v) is 12.5. The van der Waals surface area contributed by atoms with Crippen molar-refractivity contribution in [3.63, 3.8) is 0 Å². The van der Waals surface area contributed by atoms with Gasteiger partial charge in [0, 0.05) is 26.2 Å². The van der Waals surface area contributed by atoms with Gasteiger partial charge < -0.3 is 15.5 Å². The molecule has 8 heteroatoms. The van der Waals surface area contributed by atoms with E-state index in [1.165, 1.54) is 6.07 Å². The molecule has 0 radical (unpaired) electrons. The molecule has 22 heavy (non-hydrogen) atoms. The second kappa shape index (κ2) is 5.78. The maximum atomic E-state index is 12.3. The molecule has 118 valence electrons. The minimum absolute atomic E-state index is 0.148. The molecule has 1 saturated heterocycles. The van der Waals surface area contributed by atoms with Crippen molar-refractivity contribution in [1.29, 1.82) is 0 Å². The summed E-state index contributed by atoms with van der Waals surface area (Å²) in [6.45, 7) is 1.78. The van der Waals surface area contributed by atoms with Gasteiger partial charge in [0.15, 0.2) is 5.69 Å². The van der Waals surface area contributed by atoms with E-state index in [0.717, 1.165) is 12.8 Å². The van der Waals surface area contributed by atoms with Crippen LogP contribution in [0.15, 0.2) is 6.07 Å². The van der Waals surface area contributed by atoms with E-state index in [1.807, 2.05) is 0 Å². The van der Waals surface area contributed by atoms with Crippen molar-refractivity contribution >= 4 is 17.7 Å². The smallest absolute Gasteiger partial charge is 0.272 e. The highest BCUT2D eigenvalue weighted by molar-refractivity contribution is 5.99. The molecule has 1 aromatic rings. The fourth-order valence-corrected chi connectivity index (χ4v) is 2.72. The van der Waals surface area contributed by atoms with E-state index < -0.39 is 11.9 Å². The number of nitrogens with one attached hydrogen (secondary N) is 2. The van der Waals surface area contributed by atoms with Crippen LogP contribution in [0.5, 0.6) is 0 Å². The molecule has 0 bridgehead atoms. The van der Waals surface area contributed by atoms with E-state index in [0.29, 0.717) is 31.7 Å². The second-order valence-electron chi connectivity index (χ2n) is 5.68. The lowest BCUT2D eigenvalue weighted by molar-refractivity contribution is -0.122. The van der Waals surface area contributed by atoms with Crippen molar-refractivity contribution in [2.75, 3.05) is 20.1 Å². The van der Waals surface area contributed by atoms with Crippen LogP contribution < -0.4 is 10.6 Å². The maximum absolute atomic E-state index is 12.3. The first kappa shape index (κ1) is 14.6. The monoisotopic (exact) mass is 305 g/mol. The molecule has 3 amide bonds. The number of carbonyl (C=O) groups is 3. The van der Waals surface area contributed by atoms with Crippen LogP contribution in [-0.2, 0) is 11.3 Å². The molecule has 1 unspecified atom stereocenters. The predicted octanol–water partition coefficient (Wildman–Crippen LogP) is -0.633. The average Bonchev–Trinajstić information content (AvgIpc) is 2.84. The lowest BCUT2D eigenvalue weighted by Gasteiger charge is -2.22. The quantitative estimate of drug-likeness (QED) is 0.760. The van der Waals surface area contributed by atoms with Crippen LogP contribution in [0.2, 0.25) is 0 Å². The number of hydrogen-bond donors (Lipinski definition) is 2. The Kier molecular flexibility index (Phi) is 3.82. The molecule has 3 rings (SSSR count). The highest BCUT2D eigenvalue weighted by Crippen LogP contribution is 2.13. The molecular weight excluding hydrogens is 286 g/mol. The topological polar surface area (TPSA) is 96.3 Å². The van der Waals surface area contributed by atoms with Crippen molar-refractivity contribution in [3.05, 3.63) is 17.5 Å². The van der Waals surface area contributed by atoms with Crippen LogP contribution in [-0.4, -0.2) is 58.6 Å². The highest BCUT2D eigenvalue weighted by atomic mass is 16.2. The van der Waals surface area contributed by atoms with Gasteiger partial charge in [-0.2, -0.15) is 5.10 Å². The number of nitrogens with zero attached hydrogens (tertiary/aromatic N) is 3. The fraction of sp³-hybridized carbons (Fsp3) is 0.571.